The van der Waals surface area contributed by atoms with E-state index in [1.807, 2.05) is 17.7 Å². The highest BCUT2D eigenvalue weighted by molar-refractivity contribution is 5.87. The molecule has 0 aliphatic heterocycles. The van der Waals surface area contributed by atoms with Crippen LogP contribution in [-0.2, 0) is 17.7 Å². The fraction of sp³-hybridized carbons (Fsp3) is 0.667. The Balaban J connectivity index is 2.80. The van der Waals surface area contributed by atoms with Gasteiger partial charge < -0.3 is 4.74 Å². The third-order valence-corrected chi connectivity index (χ3v) is 2.43. The molecule has 0 spiro atoms. The second-order valence-corrected chi connectivity index (χ2v) is 3.66. The first-order valence-electron chi connectivity index (χ1n) is 5.96. The average Bonchev–Trinajstić information content (AvgIpc) is 2.70. The summed E-state index contributed by atoms with van der Waals surface area (Å²) in [5.41, 5.74) is 1.54. The van der Waals surface area contributed by atoms with Crippen molar-refractivity contribution in [2.75, 3.05) is 6.61 Å². The second-order valence-electron chi connectivity index (χ2n) is 3.66. The first kappa shape index (κ1) is 12.7. The van der Waals surface area contributed by atoms with Crippen molar-refractivity contribution in [2.24, 2.45) is 0 Å². The predicted molar refractivity (Wildman–Crippen MR) is 62.5 cm³/mol. The number of carbonyl (C=O) groups excluding carboxylic acids is 1. The maximum absolute atomic E-state index is 11.5. The van der Waals surface area contributed by atoms with E-state index >= 15 is 0 Å². The first-order chi connectivity index (χ1) is 7.72. The van der Waals surface area contributed by atoms with E-state index in [9.17, 15) is 4.79 Å². The SMILES string of the molecule is CCCCc1cc(C(=O)OCC)nn1CC. The molecule has 1 aromatic heterocycles. The van der Waals surface area contributed by atoms with Crippen LogP contribution in [0.25, 0.3) is 0 Å². The van der Waals surface area contributed by atoms with Gasteiger partial charge in [0.05, 0.1) is 6.61 Å². The van der Waals surface area contributed by atoms with E-state index in [1.54, 1.807) is 6.92 Å². The Morgan fingerprint density at radius 1 is 1.44 bits per heavy atom. The lowest BCUT2D eigenvalue weighted by Gasteiger charge is -2.02. The monoisotopic (exact) mass is 224 g/mol. The Morgan fingerprint density at radius 2 is 2.19 bits per heavy atom. The molecule has 0 unspecified atom stereocenters. The minimum Gasteiger partial charge on any atom is -0.461 e. The first-order valence-corrected chi connectivity index (χ1v) is 5.96. The van der Waals surface area contributed by atoms with Crippen molar-refractivity contribution in [1.82, 2.24) is 9.78 Å². The largest absolute Gasteiger partial charge is 0.461 e. The van der Waals surface area contributed by atoms with Gasteiger partial charge in [0.15, 0.2) is 5.69 Å². The molecule has 0 saturated carbocycles. The molecule has 0 N–H and O–H groups in total. The topological polar surface area (TPSA) is 44.1 Å². The standard InChI is InChI=1S/C12H20N2O2/c1-4-7-8-10-9-11(12(15)16-6-3)13-14(10)5-2/h9H,4-8H2,1-3H3. The Hall–Kier alpha value is -1.32. The molecular weight excluding hydrogens is 204 g/mol. The van der Waals surface area contributed by atoms with Gasteiger partial charge in [-0.3, -0.25) is 4.68 Å². The smallest absolute Gasteiger partial charge is 0.358 e. The van der Waals surface area contributed by atoms with Crippen LogP contribution in [0, 0.1) is 0 Å². The zero-order chi connectivity index (χ0) is 12.0. The second kappa shape index (κ2) is 6.30. The molecule has 1 heterocycles. The number of rotatable bonds is 6. The van der Waals surface area contributed by atoms with Crippen molar-refractivity contribution in [3.8, 4) is 0 Å². The van der Waals surface area contributed by atoms with E-state index < -0.39 is 0 Å². The molecule has 1 rings (SSSR count). The maximum Gasteiger partial charge on any atom is 0.358 e. The number of hydrogen-bond acceptors (Lipinski definition) is 3. The number of hydrogen-bond donors (Lipinski definition) is 0. The quantitative estimate of drug-likeness (QED) is 0.697. The molecule has 0 aliphatic carbocycles. The zero-order valence-electron chi connectivity index (χ0n) is 10.3. The van der Waals surface area contributed by atoms with Gasteiger partial charge in [-0.15, -0.1) is 0 Å². The highest BCUT2D eigenvalue weighted by Gasteiger charge is 2.13. The summed E-state index contributed by atoms with van der Waals surface area (Å²) >= 11 is 0. The van der Waals surface area contributed by atoms with Crippen LogP contribution in [0.4, 0.5) is 0 Å². The summed E-state index contributed by atoms with van der Waals surface area (Å²) in [6.07, 6.45) is 3.23. The molecule has 4 nitrogen and oxygen atoms in total. The number of unbranched alkanes of at least 4 members (excludes halogenated alkanes) is 1. The molecule has 0 aliphatic rings. The lowest BCUT2D eigenvalue weighted by Crippen LogP contribution is -2.07. The number of ether oxygens (including phenoxy) is 1. The minimum atomic E-state index is -0.326. The van der Waals surface area contributed by atoms with Gasteiger partial charge in [0.1, 0.15) is 0 Å². The Kier molecular flexibility index (Phi) is 5.02. The van der Waals surface area contributed by atoms with E-state index in [-0.39, 0.29) is 5.97 Å². The molecule has 0 saturated heterocycles. The van der Waals surface area contributed by atoms with Gasteiger partial charge in [0.25, 0.3) is 0 Å². The summed E-state index contributed by atoms with van der Waals surface area (Å²) in [6.45, 7) is 7.16. The molecule has 16 heavy (non-hydrogen) atoms. The molecule has 0 aromatic carbocycles. The maximum atomic E-state index is 11.5. The summed E-state index contributed by atoms with van der Waals surface area (Å²) < 4.78 is 6.81. The van der Waals surface area contributed by atoms with E-state index in [0.29, 0.717) is 12.3 Å². The highest BCUT2D eigenvalue weighted by Crippen LogP contribution is 2.09. The van der Waals surface area contributed by atoms with Crippen LogP contribution in [0.5, 0.6) is 0 Å². The Labute approximate surface area is 96.6 Å². The zero-order valence-corrected chi connectivity index (χ0v) is 10.3. The summed E-state index contributed by atoms with van der Waals surface area (Å²) in [5, 5.41) is 4.24. The van der Waals surface area contributed by atoms with Crippen molar-refractivity contribution < 1.29 is 9.53 Å². The Bertz CT molecular complexity index is 345. The van der Waals surface area contributed by atoms with E-state index in [1.165, 1.54) is 0 Å². The third-order valence-electron chi connectivity index (χ3n) is 2.43. The summed E-state index contributed by atoms with van der Waals surface area (Å²) in [7, 11) is 0. The van der Waals surface area contributed by atoms with Crippen LogP contribution in [0.3, 0.4) is 0 Å². The summed E-state index contributed by atoms with van der Waals surface area (Å²) in [5.74, 6) is -0.326. The third kappa shape index (κ3) is 3.08. The van der Waals surface area contributed by atoms with Gasteiger partial charge in [-0.25, -0.2) is 4.79 Å². The average molecular weight is 224 g/mol. The fourth-order valence-corrected chi connectivity index (χ4v) is 1.59. The lowest BCUT2D eigenvalue weighted by molar-refractivity contribution is 0.0518. The van der Waals surface area contributed by atoms with Crippen LogP contribution < -0.4 is 0 Å². The Morgan fingerprint density at radius 3 is 2.75 bits per heavy atom. The molecule has 0 amide bonds. The molecule has 0 radical (unpaired) electrons. The van der Waals surface area contributed by atoms with Crippen LogP contribution in [0.1, 0.15) is 49.8 Å². The molecular formula is C12H20N2O2. The van der Waals surface area contributed by atoms with Crippen LogP contribution in [0.15, 0.2) is 6.07 Å². The summed E-state index contributed by atoms with van der Waals surface area (Å²) in [6, 6.07) is 1.84. The van der Waals surface area contributed by atoms with Gasteiger partial charge >= 0.3 is 5.97 Å². The van der Waals surface area contributed by atoms with E-state index in [0.717, 1.165) is 31.5 Å². The van der Waals surface area contributed by atoms with Crippen LogP contribution >= 0.6 is 0 Å². The molecule has 0 fully saturated rings. The summed E-state index contributed by atoms with van der Waals surface area (Å²) in [4.78, 5) is 11.5. The van der Waals surface area contributed by atoms with Crippen molar-refractivity contribution in [1.29, 1.82) is 0 Å². The minimum absolute atomic E-state index is 0.326. The van der Waals surface area contributed by atoms with Crippen molar-refractivity contribution in [2.45, 2.75) is 46.6 Å². The number of aryl methyl sites for hydroxylation is 2. The number of esters is 1. The van der Waals surface area contributed by atoms with E-state index in [4.69, 9.17) is 4.74 Å². The van der Waals surface area contributed by atoms with Crippen molar-refractivity contribution in [3.63, 3.8) is 0 Å². The van der Waals surface area contributed by atoms with Crippen LogP contribution in [-0.4, -0.2) is 22.4 Å². The molecule has 0 bridgehead atoms. The highest BCUT2D eigenvalue weighted by atomic mass is 16.5. The van der Waals surface area contributed by atoms with E-state index in [2.05, 4.69) is 12.0 Å². The number of aromatic nitrogens is 2. The lowest BCUT2D eigenvalue weighted by atomic mass is 10.2. The van der Waals surface area contributed by atoms with Crippen molar-refractivity contribution in [3.05, 3.63) is 17.5 Å². The number of carbonyl (C=O) groups is 1. The number of nitrogens with zero attached hydrogens (tertiary/aromatic N) is 2. The molecule has 4 heteroatoms. The molecule has 90 valence electrons. The van der Waals surface area contributed by atoms with Crippen LogP contribution in [0.2, 0.25) is 0 Å². The van der Waals surface area contributed by atoms with Gasteiger partial charge in [0, 0.05) is 12.2 Å². The van der Waals surface area contributed by atoms with Crippen molar-refractivity contribution >= 4 is 5.97 Å². The molecule has 0 atom stereocenters. The molecule has 1 aromatic rings. The fourth-order valence-electron chi connectivity index (χ4n) is 1.59. The normalized spacial score (nSPS) is 10.4. The van der Waals surface area contributed by atoms with Gasteiger partial charge in [-0.1, -0.05) is 13.3 Å². The predicted octanol–water partition coefficient (Wildman–Crippen LogP) is 2.42. The van der Waals surface area contributed by atoms with Gasteiger partial charge in [-0.2, -0.15) is 5.10 Å². The van der Waals surface area contributed by atoms with Gasteiger partial charge in [-0.05, 0) is 32.8 Å². The van der Waals surface area contributed by atoms with Gasteiger partial charge in [0.2, 0.25) is 0 Å².